The highest BCUT2D eigenvalue weighted by atomic mass is 16.3. The van der Waals surface area contributed by atoms with Crippen LogP contribution in [0.15, 0.2) is 24.3 Å². The van der Waals surface area contributed by atoms with Crippen molar-refractivity contribution in [2.75, 3.05) is 13.2 Å². The van der Waals surface area contributed by atoms with E-state index in [9.17, 15) is 5.11 Å². The van der Waals surface area contributed by atoms with Gasteiger partial charge in [-0.05, 0) is 50.3 Å². The molecular weight excluding hydrogens is 262 g/mol. The van der Waals surface area contributed by atoms with Crippen molar-refractivity contribution in [3.63, 3.8) is 0 Å². The molecule has 1 aliphatic carbocycles. The zero-order chi connectivity index (χ0) is 14.7. The molecule has 4 heteroatoms. The number of nitrogens with one attached hydrogen (secondary N) is 1. The first-order valence-electron chi connectivity index (χ1n) is 8.09. The SMILES string of the molecule is CCn1c(CNCC2CCCC2CO)nc2ccccc21. The van der Waals surface area contributed by atoms with Gasteiger partial charge in [-0.1, -0.05) is 18.6 Å². The topological polar surface area (TPSA) is 50.1 Å². The molecule has 21 heavy (non-hydrogen) atoms. The number of nitrogens with zero attached hydrogens (tertiary/aromatic N) is 2. The molecular formula is C17H25N3O. The van der Waals surface area contributed by atoms with Gasteiger partial charge in [0.15, 0.2) is 0 Å². The number of aliphatic hydroxyl groups is 1. The van der Waals surface area contributed by atoms with E-state index in [1.165, 1.54) is 24.8 Å². The molecule has 3 rings (SSSR count). The van der Waals surface area contributed by atoms with Crippen LogP contribution in [0.3, 0.4) is 0 Å². The van der Waals surface area contributed by atoms with E-state index >= 15 is 0 Å². The van der Waals surface area contributed by atoms with Crippen LogP contribution >= 0.6 is 0 Å². The van der Waals surface area contributed by atoms with Crippen molar-refractivity contribution in [2.24, 2.45) is 11.8 Å². The van der Waals surface area contributed by atoms with Gasteiger partial charge in [-0.15, -0.1) is 0 Å². The average Bonchev–Trinajstić information content (AvgIpc) is 3.10. The van der Waals surface area contributed by atoms with E-state index in [-0.39, 0.29) is 0 Å². The second kappa shape index (κ2) is 6.58. The van der Waals surface area contributed by atoms with Gasteiger partial charge in [0, 0.05) is 13.2 Å². The van der Waals surface area contributed by atoms with E-state index in [0.29, 0.717) is 18.4 Å². The maximum absolute atomic E-state index is 9.39. The number of hydrogen-bond donors (Lipinski definition) is 2. The Morgan fingerprint density at radius 2 is 2.10 bits per heavy atom. The van der Waals surface area contributed by atoms with Crippen LogP contribution in [0, 0.1) is 11.8 Å². The van der Waals surface area contributed by atoms with Gasteiger partial charge in [0.1, 0.15) is 5.82 Å². The van der Waals surface area contributed by atoms with E-state index < -0.39 is 0 Å². The molecule has 0 bridgehead atoms. The van der Waals surface area contributed by atoms with Crippen molar-refractivity contribution in [1.29, 1.82) is 0 Å². The van der Waals surface area contributed by atoms with E-state index in [4.69, 9.17) is 4.98 Å². The Balaban J connectivity index is 1.65. The molecule has 4 nitrogen and oxygen atoms in total. The molecule has 1 aromatic carbocycles. The van der Waals surface area contributed by atoms with Crippen LogP contribution in [-0.2, 0) is 13.1 Å². The summed E-state index contributed by atoms with van der Waals surface area (Å²) in [6, 6.07) is 8.31. The highest BCUT2D eigenvalue weighted by Crippen LogP contribution is 2.30. The Morgan fingerprint density at radius 1 is 1.29 bits per heavy atom. The highest BCUT2D eigenvalue weighted by Gasteiger charge is 2.26. The lowest BCUT2D eigenvalue weighted by Crippen LogP contribution is -2.27. The summed E-state index contributed by atoms with van der Waals surface area (Å²) in [7, 11) is 0. The summed E-state index contributed by atoms with van der Waals surface area (Å²) in [5.41, 5.74) is 2.29. The van der Waals surface area contributed by atoms with Gasteiger partial charge in [-0.3, -0.25) is 0 Å². The Hall–Kier alpha value is -1.39. The molecule has 1 aliphatic rings. The summed E-state index contributed by atoms with van der Waals surface area (Å²) in [5.74, 6) is 2.22. The monoisotopic (exact) mass is 287 g/mol. The summed E-state index contributed by atoms with van der Waals surface area (Å²) in [4.78, 5) is 4.74. The van der Waals surface area contributed by atoms with Crippen LogP contribution in [-0.4, -0.2) is 27.8 Å². The van der Waals surface area contributed by atoms with Crippen molar-refractivity contribution < 1.29 is 5.11 Å². The van der Waals surface area contributed by atoms with Gasteiger partial charge >= 0.3 is 0 Å². The molecule has 1 saturated carbocycles. The number of para-hydroxylation sites is 2. The summed E-state index contributed by atoms with van der Waals surface area (Å²) in [6.45, 7) is 5.23. The number of aryl methyl sites for hydroxylation is 1. The highest BCUT2D eigenvalue weighted by molar-refractivity contribution is 5.75. The van der Waals surface area contributed by atoms with Crippen molar-refractivity contribution in [3.05, 3.63) is 30.1 Å². The predicted octanol–water partition coefficient (Wildman–Crippen LogP) is 2.55. The summed E-state index contributed by atoms with van der Waals surface area (Å²) < 4.78 is 2.28. The number of aliphatic hydroxyl groups excluding tert-OH is 1. The third-order valence-electron chi connectivity index (χ3n) is 4.79. The van der Waals surface area contributed by atoms with Gasteiger partial charge in [-0.25, -0.2) is 4.98 Å². The standard InChI is InChI=1S/C17H25N3O/c1-2-20-16-9-4-3-8-15(16)19-17(20)11-18-10-13-6-5-7-14(13)12-21/h3-4,8-9,13-14,18,21H,2,5-7,10-12H2,1H3. The minimum atomic E-state index is 0.333. The number of hydrogen-bond acceptors (Lipinski definition) is 3. The number of benzene rings is 1. The van der Waals surface area contributed by atoms with E-state index in [0.717, 1.165) is 31.0 Å². The molecule has 0 spiro atoms. The molecule has 2 unspecified atom stereocenters. The number of aromatic nitrogens is 2. The molecule has 1 fully saturated rings. The van der Waals surface area contributed by atoms with Gasteiger partial charge in [0.05, 0.1) is 17.6 Å². The molecule has 2 aromatic rings. The first kappa shape index (κ1) is 14.5. The summed E-state index contributed by atoms with van der Waals surface area (Å²) in [5, 5.41) is 12.9. The van der Waals surface area contributed by atoms with Crippen molar-refractivity contribution in [3.8, 4) is 0 Å². The molecule has 1 heterocycles. The van der Waals surface area contributed by atoms with Gasteiger partial charge in [-0.2, -0.15) is 0 Å². The molecule has 114 valence electrons. The smallest absolute Gasteiger partial charge is 0.123 e. The van der Waals surface area contributed by atoms with Crippen LogP contribution < -0.4 is 5.32 Å². The van der Waals surface area contributed by atoms with Crippen molar-refractivity contribution in [2.45, 2.75) is 39.3 Å². The molecule has 0 amide bonds. The van der Waals surface area contributed by atoms with Crippen LogP contribution in [0.5, 0.6) is 0 Å². The fourth-order valence-electron chi connectivity index (χ4n) is 3.61. The van der Waals surface area contributed by atoms with Crippen LogP contribution in [0.1, 0.15) is 32.0 Å². The average molecular weight is 287 g/mol. The molecule has 2 atom stereocenters. The fraction of sp³-hybridized carbons (Fsp3) is 0.588. The number of rotatable bonds is 6. The largest absolute Gasteiger partial charge is 0.396 e. The molecule has 2 N–H and O–H groups in total. The van der Waals surface area contributed by atoms with Crippen LogP contribution in [0.4, 0.5) is 0 Å². The second-order valence-corrected chi connectivity index (χ2v) is 6.03. The minimum Gasteiger partial charge on any atom is -0.396 e. The van der Waals surface area contributed by atoms with Gasteiger partial charge < -0.3 is 15.0 Å². The van der Waals surface area contributed by atoms with E-state index in [1.807, 2.05) is 6.07 Å². The van der Waals surface area contributed by atoms with Crippen LogP contribution in [0.25, 0.3) is 11.0 Å². The molecule has 1 aromatic heterocycles. The van der Waals surface area contributed by atoms with E-state index in [1.54, 1.807) is 0 Å². The van der Waals surface area contributed by atoms with E-state index in [2.05, 4.69) is 35.0 Å². The molecule has 0 saturated heterocycles. The zero-order valence-corrected chi connectivity index (χ0v) is 12.8. The third kappa shape index (κ3) is 2.97. The normalized spacial score (nSPS) is 22.2. The minimum absolute atomic E-state index is 0.333. The van der Waals surface area contributed by atoms with Crippen LogP contribution in [0.2, 0.25) is 0 Å². The van der Waals surface area contributed by atoms with Gasteiger partial charge in [0.25, 0.3) is 0 Å². The maximum atomic E-state index is 9.39. The quantitative estimate of drug-likeness (QED) is 0.858. The Kier molecular flexibility index (Phi) is 4.56. The lowest BCUT2D eigenvalue weighted by molar-refractivity contribution is 0.192. The maximum Gasteiger partial charge on any atom is 0.123 e. The third-order valence-corrected chi connectivity index (χ3v) is 4.79. The fourth-order valence-corrected chi connectivity index (χ4v) is 3.61. The molecule has 0 radical (unpaired) electrons. The first-order chi connectivity index (χ1) is 10.3. The van der Waals surface area contributed by atoms with Crippen molar-refractivity contribution in [1.82, 2.24) is 14.9 Å². The second-order valence-electron chi connectivity index (χ2n) is 6.03. The van der Waals surface area contributed by atoms with Gasteiger partial charge in [0.2, 0.25) is 0 Å². The zero-order valence-electron chi connectivity index (χ0n) is 12.8. The summed E-state index contributed by atoms with van der Waals surface area (Å²) >= 11 is 0. The Morgan fingerprint density at radius 3 is 2.90 bits per heavy atom. The van der Waals surface area contributed by atoms with Crippen molar-refractivity contribution >= 4 is 11.0 Å². The number of imidazole rings is 1. The lowest BCUT2D eigenvalue weighted by Gasteiger charge is -2.17. The Bertz CT molecular complexity index is 593. The molecule has 0 aliphatic heterocycles. The Labute approximate surface area is 126 Å². The lowest BCUT2D eigenvalue weighted by atomic mass is 9.97. The predicted molar refractivity (Wildman–Crippen MR) is 85.0 cm³/mol. The summed E-state index contributed by atoms with van der Waals surface area (Å²) in [6.07, 6.45) is 3.67. The first-order valence-corrected chi connectivity index (χ1v) is 8.09. The number of fused-ring (bicyclic) bond motifs is 1.